The number of halogens is 2. The molecule has 0 bridgehead atoms. The number of nitrogens with zero attached hydrogens (tertiary/aromatic N) is 4. The number of imidazole rings is 1. The Labute approximate surface area is 154 Å². The molecule has 27 heavy (non-hydrogen) atoms. The minimum atomic E-state index is -2.74. The lowest BCUT2D eigenvalue weighted by atomic mass is 9.95. The van der Waals surface area contributed by atoms with Crippen molar-refractivity contribution in [2.75, 3.05) is 0 Å². The van der Waals surface area contributed by atoms with E-state index in [0.29, 0.717) is 29.2 Å². The van der Waals surface area contributed by atoms with Crippen molar-refractivity contribution in [1.82, 2.24) is 19.5 Å². The Kier molecular flexibility index (Phi) is 4.73. The third kappa shape index (κ3) is 3.62. The van der Waals surface area contributed by atoms with E-state index in [1.165, 1.54) is 4.57 Å². The van der Waals surface area contributed by atoms with Crippen LogP contribution in [0.5, 0.6) is 5.88 Å². The van der Waals surface area contributed by atoms with Crippen molar-refractivity contribution in [3.05, 3.63) is 42.0 Å². The largest absolute Gasteiger partial charge is 0.474 e. The van der Waals surface area contributed by atoms with Crippen LogP contribution in [0.15, 0.2) is 30.3 Å². The van der Waals surface area contributed by atoms with Crippen molar-refractivity contribution in [2.24, 2.45) is 0 Å². The number of benzene rings is 1. The van der Waals surface area contributed by atoms with Crippen LogP contribution in [0.2, 0.25) is 0 Å². The zero-order valence-corrected chi connectivity index (χ0v) is 14.8. The Balaban J connectivity index is 1.75. The van der Waals surface area contributed by atoms with Crippen LogP contribution in [0.4, 0.5) is 8.78 Å². The maximum atomic E-state index is 13.6. The molecule has 0 amide bonds. The Morgan fingerprint density at radius 3 is 2.78 bits per heavy atom. The van der Waals surface area contributed by atoms with Gasteiger partial charge in [0.05, 0.1) is 17.1 Å². The first-order chi connectivity index (χ1) is 13.0. The zero-order chi connectivity index (χ0) is 19.0. The van der Waals surface area contributed by atoms with Crippen LogP contribution in [-0.4, -0.2) is 36.8 Å². The molecule has 1 saturated carbocycles. The number of aryl methyl sites for hydroxylation is 1. The van der Waals surface area contributed by atoms with Gasteiger partial charge in [0.25, 0.3) is 6.43 Å². The summed E-state index contributed by atoms with van der Waals surface area (Å²) in [5.41, 5.74) is 1.02. The highest BCUT2D eigenvalue weighted by Crippen LogP contribution is 2.29. The SMILES string of the molecule is Cc1nc(O[C@H]2CCC[C@H](O)C2)cc(-n2c(C(F)F)nc3ccccc32)n1. The van der Waals surface area contributed by atoms with Crippen molar-refractivity contribution < 1.29 is 18.6 Å². The first kappa shape index (κ1) is 17.8. The third-order valence-corrected chi connectivity index (χ3v) is 4.70. The van der Waals surface area contributed by atoms with Crippen molar-refractivity contribution in [1.29, 1.82) is 0 Å². The van der Waals surface area contributed by atoms with E-state index in [1.54, 1.807) is 37.3 Å². The molecule has 8 heteroatoms. The van der Waals surface area contributed by atoms with Gasteiger partial charge < -0.3 is 9.84 Å². The highest BCUT2D eigenvalue weighted by molar-refractivity contribution is 5.78. The predicted octanol–water partition coefficient (Wildman–Crippen LogP) is 3.74. The number of aromatic nitrogens is 4. The first-order valence-corrected chi connectivity index (χ1v) is 8.97. The molecule has 0 radical (unpaired) electrons. The number of fused-ring (bicyclic) bond motifs is 1. The third-order valence-electron chi connectivity index (χ3n) is 4.70. The first-order valence-electron chi connectivity index (χ1n) is 8.97. The van der Waals surface area contributed by atoms with Gasteiger partial charge in [0.1, 0.15) is 17.7 Å². The van der Waals surface area contributed by atoms with E-state index >= 15 is 0 Å². The molecule has 2 heterocycles. The number of rotatable bonds is 4. The fraction of sp³-hybridized carbons (Fsp3) is 0.421. The summed E-state index contributed by atoms with van der Waals surface area (Å²) in [4.78, 5) is 12.7. The van der Waals surface area contributed by atoms with Crippen molar-refractivity contribution in [3.8, 4) is 11.7 Å². The average Bonchev–Trinajstić information content (AvgIpc) is 3.01. The van der Waals surface area contributed by atoms with Crippen molar-refractivity contribution in [2.45, 2.75) is 51.2 Å². The van der Waals surface area contributed by atoms with Crippen LogP contribution in [0.1, 0.15) is 43.8 Å². The van der Waals surface area contributed by atoms with Gasteiger partial charge in [-0.2, -0.15) is 4.98 Å². The number of hydrogen-bond acceptors (Lipinski definition) is 5. The van der Waals surface area contributed by atoms with Crippen LogP contribution in [0.3, 0.4) is 0 Å². The van der Waals surface area contributed by atoms with Crippen molar-refractivity contribution in [3.63, 3.8) is 0 Å². The Bertz CT molecular complexity index is 960. The monoisotopic (exact) mass is 374 g/mol. The molecule has 2 aromatic heterocycles. The zero-order valence-electron chi connectivity index (χ0n) is 14.8. The van der Waals surface area contributed by atoms with Gasteiger partial charge in [-0.1, -0.05) is 12.1 Å². The Morgan fingerprint density at radius 2 is 2.00 bits per heavy atom. The van der Waals surface area contributed by atoms with Crippen LogP contribution < -0.4 is 4.74 Å². The van der Waals surface area contributed by atoms with Gasteiger partial charge >= 0.3 is 0 Å². The molecule has 1 aliphatic rings. The highest BCUT2D eigenvalue weighted by atomic mass is 19.3. The van der Waals surface area contributed by atoms with Gasteiger partial charge in [-0.05, 0) is 38.3 Å². The number of aliphatic hydroxyl groups is 1. The number of alkyl halides is 2. The van der Waals surface area contributed by atoms with E-state index in [9.17, 15) is 13.9 Å². The van der Waals surface area contributed by atoms with Gasteiger partial charge in [0.15, 0.2) is 5.82 Å². The van der Waals surface area contributed by atoms with E-state index in [4.69, 9.17) is 4.74 Å². The predicted molar refractivity (Wildman–Crippen MR) is 95.2 cm³/mol. The normalized spacial score (nSPS) is 20.3. The second kappa shape index (κ2) is 7.19. The van der Waals surface area contributed by atoms with E-state index in [2.05, 4.69) is 15.0 Å². The topological polar surface area (TPSA) is 73.1 Å². The fourth-order valence-electron chi connectivity index (χ4n) is 3.53. The molecular formula is C19H20F2N4O2. The van der Waals surface area contributed by atoms with Crippen LogP contribution in [-0.2, 0) is 0 Å². The number of para-hydroxylation sites is 2. The summed E-state index contributed by atoms with van der Waals surface area (Å²) in [6.45, 7) is 1.69. The molecule has 1 aliphatic carbocycles. The number of hydrogen-bond donors (Lipinski definition) is 1. The second-order valence-corrected chi connectivity index (χ2v) is 6.77. The molecule has 142 valence electrons. The average molecular weight is 374 g/mol. The molecule has 1 fully saturated rings. The molecule has 0 spiro atoms. The molecule has 4 rings (SSSR count). The highest BCUT2D eigenvalue weighted by Gasteiger charge is 2.24. The fourth-order valence-corrected chi connectivity index (χ4v) is 3.53. The summed E-state index contributed by atoms with van der Waals surface area (Å²) in [6.07, 6.45) is -0.262. The molecular weight excluding hydrogens is 354 g/mol. The molecule has 3 aromatic rings. The Morgan fingerprint density at radius 1 is 1.19 bits per heavy atom. The molecule has 1 N–H and O–H groups in total. The van der Waals surface area contributed by atoms with E-state index < -0.39 is 6.43 Å². The summed E-state index contributed by atoms with van der Waals surface area (Å²) in [5.74, 6) is 0.651. The summed E-state index contributed by atoms with van der Waals surface area (Å²) in [6, 6.07) is 8.48. The molecule has 0 saturated heterocycles. The van der Waals surface area contributed by atoms with E-state index in [0.717, 1.165) is 19.3 Å². The van der Waals surface area contributed by atoms with Crippen LogP contribution >= 0.6 is 0 Å². The lowest BCUT2D eigenvalue weighted by molar-refractivity contribution is 0.0512. The quantitative estimate of drug-likeness (QED) is 0.753. The molecule has 0 unspecified atom stereocenters. The summed E-state index contributed by atoms with van der Waals surface area (Å²) in [5, 5.41) is 9.82. The molecule has 2 atom stereocenters. The maximum Gasteiger partial charge on any atom is 0.296 e. The minimum Gasteiger partial charge on any atom is -0.474 e. The summed E-state index contributed by atoms with van der Waals surface area (Å²) in [7, 11) is 0. The lowest BCUT2D eigenvalue weighted by Crippen LogP contribution is -2.28. The summed E-state index contributed by atoms with van der Waals surface area (Å²) < 4.78 is 34.4. The van der Waals surface area contributed by atoms with Crippen LogP contribution in [0, 0.1) is 6.92 Å². The maximum absolute atomic E-state index is 13.6. The Hall–Kier alpha value is -2.61. The van der Waals surface area contributed by atoms with Gasteiger partial charge in [-0.3, -0.25) is 4.57 Å². The van der Waals surface area contributed by atoms with Gasteiger partial charge in [0.2, 0.25) is 5.88 Å². The molecule has 6 nitrogen and oxygen atoms in total. The number of ether oxygens (including phenoxy) is 1. The second-order valence-electron chi connectivity index (χ2n) is 6.77. The van der Waals surface area contributed by atoms with Gasteiger partial charge in [0, 0.05) is 12.5 Å². The van der Waals surface area contributed by atoms with Crippen molar-refractivity contribution >= 4 is 11.0 Å². The minimum absolute atomic E-state index is 0.148. The molecule has 0 aliphatic heterocycles. The summed E-state index contributed by atoms with van der Waals surface area (Å²) >= 11 is 0. The van der Waals surface area contributed by atoms with Crippen LogP contribution in [0.25, 0.3) is 16.9 Å². The number of aliphatic hydroxyl groups excluding tert-OH is 1. The smallest absolute Gasteiger partial charge is 0.296 e. The van der Waals surface area contributed by atoms with Gasteiger partial charge in [-0.25, -0.2) is 18.7 Å². The van der Waals surface area contributed by atoms with Gasteiger partial charge in [-0.15, -0.1) is 0 Å². The van der Waals surface area contributed by atoms with E-state index in [1.807, 2.05) is 0 Å². The standard InChI is InChI=1S/C19H20F2N4O2/c1-11-22-16(10-17(23-11)27-13-6-4-5-12(26)9-13)25-15-8-3-2-7-14(15)24-19(25)18(20)21/h2-3,7-8,10,12-13,18,26H,4-6,9H2,1H3/t12-,13-/m0/s1. The molecule has 1 aromatic carbocycles. The lowest BCUT2D eigenvalue weighted by Gasteiger charge is -2.26. The van der Waals surface area contributed by atoms with E-state index in [-0.39, 0.29) is 23.9 Å².